The van der Waals surface area contributed by atoms with Crippen LogP contribution >= 0.6 is 0 Å². The number of hydrogen-bond acceptors (Lipinski definition) is 5. The smallest absolute Gasteiger partial charge is 0.321 e. The Labute approximate surface area is 145 Å². The highest BCUT2D eigenvalue weighted by Crippen LogP contribution is 2.19. The zero-order valence-corrected chi connectivity index (χ0v) is 14.2. The van der Waals surface area contributed by atoms with Crippen molar-refractivity contribution in [1.29, 1.82) is 0 Å². The van der Waals surface area contributed by atoms with E-state index in [9.17, 15) is 19.8 Å². The zero-order chi connectivity index (χ0) is 18.4. The summed E-state index contributed by atoms with van der Waals surface area (Å²) < 4.78 is 5.40. The van der Waals surface area contributed by atoms with Crippen LogP contribution in [-0.4, -0.2) is 39.2 Å². The number of nitrogens with zero attached hydrogens (tertiary/aromatic N) is 1. The molecule has 0 fully saturated rings. The fourth-order valence-corrected chi connectivity index (χ4v) is 2.50. The Morgan fingerprint density at radius 3 is 2.32 bits per heavy atom. The minimum atomic E-state index is -1.13. The molecule has 7 heteroatoms. The van der Waals surface area contributed by atoms with E-state index in [-0.39, 0.29) is 12.3 Å². The molecule has 1 unspecified atom stereocenters. The van der Waals surface area contributed by atoms with E-state index in [0.29, 0.717) is 18.0 Å². The van der Waals surface area contributed by atoms with Gasteiger partial charge in [0.15, 0.2) is 0 Å². The predicted octanol–water partition coefficient (Wildman–Crippen LogP) is 2.43. The molecule has 0 saturated carbocycles. The molecule has 2 aromatic rings. The fraction of sp³-hybridized carbons (Fsp3) is 0.389. The van der Waals surface area contributed by atoms with E-state index >= 15 is 0 Å². The van der Waals surface area contributed by atoms with Crippen LogP contribution in [0.4, 0.5) is 0 Å². The molecule has 1 aromatic carbocycles. The van der Waals surface area contributed by atoms with Crippen molar-refractivity contribution in [3.05, 3.63) is 42.3 Å². The second kappa shape index (κ2) is 8.43. The van der Waals surface area contributed by atoms with Crippen LogP contribution in [0.25, 0.3) is 11.5 Å². The molecule has 0 spiro atoms. The molecule has 2 rings (SSSR count). The lowest BCUT2D eigenvalue weighted by molar-refractivity contribution is -0.142. The maximum atomic E-state index is 11.5. The van der Waals surface area contributed by atoms with Crippen molar-refractivity contribution >= 4 is 11.9 Å². The molecule has 25 heavy (non-hydrogen) atoms. The number of nitrogens with one attached hydrogen (secondary N) is 1. The summed E-state index contributed by atoms with van der Waals surface area (Å²) in [7, 11) is 0. The van der Waals surface area contributed by atoms with E-state index in [1.807, 2.05) is 44.2 Å². The summed E-state index contributed by atoms with van der Waals surface area (Å²) in [6.07, 6.45) is 1.78. The van der Waals surface area contributed by atoms with Crippen molar-refractivity contribution < 1.29 is 24.2 Å². The Kier molecular flexibility index (Phi) is 6.30. The van der Waals surface area contributed by atoms with Gasteiger partial charge >= 0.3 is 11.9 Å². The maximum Gasteiger partial charge on any atom is 0.321 e. The quantitative estimate of drug-likeness (QED) is 0.639. The molecule has 0 aliphatic heterocycles. The van der Waals surface area contributed by atoms with Gasteiger partial charge in [0.25, 0.3) is 0 Å². The van der Waals surface area contributed by atoms with Crippen LogP contribution in [0.3, 0.4) is 0 Å². The molecule has 7 nitrogen and oxygen atoms in total. The van der Waals surface area contributed by atoms with Gasteiger partial charge in [-0.2, -0.15) is 0 Å². The molecule has 0 aliphatic rings. The third-order valence-electron chi connectivity index (χ3n) is 3.69. The first-order valence-corrected chi connectivity index (χ1v) is 8.08. The van der Waals surface area contributed by atoms with Gasteiger partial charge in [-0.25, -0.2) is 4.98 Å². The van der Waals surface area contributed by atoms with E-state index in [0.717, 1.165) is 5.56 Å². The number of hydrogen-bond donors (Lipinski definition) is 3. The topological polar surface area (TPSA) is 113 Å². The molecule has 0 saturated heterocycles. The summed E-state index contributed by atoms with van der Waals surface area (Å²) >= 11 is 0. The molecule has 1 heterocycles. The highest BCUT2D eigenvalue weighted by Gasteiger charge is 2.27. The van der Waals surface area contributed by atoms with Gasteiger partial charge in [-0.3, -0.25) is 14.9 Å². The number of aliphatic carboxylic acids is 2. The van der Waals surface area contributed by atoms with Crippen LogP contribution in [0.5, 0.6) is 0 Å². The second-order valence-electron chi connectivity index (χ2n) is 6.29. The summed E-state index contributed by atoms with van der Waals surface area (Å²) in [5, 5.41) is 21.4. The molecular formula is C18H22N2O5. The second-order valence-corrected chi connectivity index (χ2v) is 6.29. The molecule has 1 aromatic heterocycles. The normalized spacial score (nSPS) is 13.6. The van der Waals surface area contributed by atoms with Gasteiger partial charge in [-0.05, 0) is 24.5 Å². The zero-order valence-electron chi connectivity index (χ0n) is 14.2. The number of carboxylic acids is 2. The largest absolute Gasteiger partial charge is 0.480 e. The Bertz CT molecular complexity index is 711. The van der Waals surface area contributed by atoms with Crippen molar-refractivity contribution in [2.24, 2.45) is 5.92 Å². The van der Waals surface area contributed by atoms with Crippen molar-refractivity contribution in [2.75, 3.05) is 0 Å². The molecule has 0 bridgehead atoms. The van der Waals surface area contributed by atoms with Crippen molar-refractivity contribution in [3.8, 4) is 11.5 Å². The first kappa shape index (κ1) is 18.7. The fourth-order valence-electron chi connectivity index (χ4n) is 2.50. The standard InChI is InChI=1S/C18H22N2O5/c1-11(2)8-14(17(21)22)20-15(18(23)24)9-13-10-25-16(19-13)12-6-4-3-5-7-12/h3-7,10-11,14-15,20H,8-9H2,1-2H3,(H,21,22)(H,23,24)/t14?,15-/m0/s1. The first-order valence-electron chi connectivity index (χ1n) is 8.08. The van der Waals surface area contributed by atoms with Gasteiger partial charge in [0.2, 0.25) is 5.89 Å². The van der Waals surface area contributed by atoms with E-state index in [1.165, 1.54) is 6.26 Å². The lowest BCUT2D eigenvalue weighted by Gasteiger charge is -2.21. The van der Waals surface area contributed by atoms with E-state index in [2.05, 4.69) is 10.3 Å². The lowest BCUT2D eigenvalue weighted by atomic mass is 10.0. The summed E-state index contributed by atoms with van der Waals surface area (Å²) in [4.78, 5) is 27.2. The Balaban J connectivity index is 2.10. The average Bonchev–Trinajstić information content (AvgIpc) is 3.02. The SMILES string of the molecule is CC(C)CC(N[C@@H](Cc1coc(-c2ccccc2)n1)C(=O)O)C(=O)O. The van der Waals surface area contributed by atoms with Crippen molar-refractivity contribution in [1.82, 2.24) is 10.3 Å². The van der Waals surface area contributed by atoms with Crippen LogP contribution in [0, 0.1) is 5.92 Å². The maximum absolute atomic E-state index is 11.5. The van der Waals surface area contributed by atoms with Gasteiger partial charge in [0, 0.05) is 12.0 Å². The number of aromatic nitrogens is 1. The number of oxazole rings is 1. The first-order chi connectivity index (χ1) is 11.9. The van der Waals surface area contributed by atoms with Crippen LogP contribution in [-0.2, 0) is 16.0 Å². The van der Waals surface area contributed by atoms with Crippen LogP contribution in [0.15, 0.2) is 41.0 Å². The number of carbonyl (C=O) groups is 2. The third kappa shape index (κ3) is 5.42. The Morgan fingerprint density at radius 1 is 1.12 bits per heavy atom. The van der Waals surface area contributed by atoms with E-state index in [4.69, 9.17) is 4.42 Å². The molecule has 0 radical (unpaired) electrons. The Hall–Kier alpha value is -2.67. The predicted molar refractivity (Wildman–Crippen MR) is 91.1 cm³/mol. The molecule has 0 aliphatic carbocycles. The molecule has 0 amide bonds. The summed E-state index contributed by atoms with van der Waals surface area (Å²) in [5.41, 5.74) is 1.24. The van der Waals surface area contributed by atoms with E-state index < -0.39 is 24.0 Å². The third-order valence-corrected chi connectivity index (χ3v) is 3.69. The van der Waals surface area contributed by atoms with Crippen molar-refractivity contribution in [3.63, 3.8) is 0 Å². The molecule has 3 N–H and O–H groups in total. The van der Waals surface area contributed by atoms with E-state index in [1.54, 1.807) is 0 Å². The van der Waals surface area contributed by atoms with Gasteiger partial charge in [0.05, 0.1) is 5.69 Å². The molecular weight excluding hydrogens is 324 g/mol. The van der Waals surface area contributed by atoms with Crippen LogP contribution in [0.1, 0.15) is 26.0 Å². The van der Waals surface area contributed by atoms with Gasteiger partial charge in [0.1, 0.15) is 18.3 Å². The number of benzene rings is 1. The molecule has 2 atom stereocenters. The van der Waals surface area contributed by atoms with Gasteiger partial charge in [-0.15, -0.1) is 0 Å². The monoisotopic (exact) mass is 346 g/mol. The number of rotatable bonds is 9. The minimum Gasteiger partial charge on any atom is -0.480 e. The minimum absolute atomic E-state index is 0.0353. The van der Waals surface area contributed by atoms with Crippen LogP contribution < -0.4 is 5.32 Å². The van der Waals surface area contributed by atoms with Gasteiger partial charge in [-0.1, -0.05) is 32.0 Å². The van der Waals surface area contributed by atoms with Crippen LogP contribution in [0.2, 0.25) is 0 Å². The Morgan fingerprint density at radius 2 is 1.76 bits per heavy atom. The summed E-state index contributed by atoms with van der Waals surface area (Å²) in [5.74, 6) is -1.67. The number of carboxylic acid groups (broad SMARTS) is 2. The molecule has 134 valence electrons. The summed E-state index contributed by atoms with van der Waals surface area (Å²) in [6, 6.07) is 7.26. The highest BCUT2D eigenvalue weighted by atomic mass is 16.4. The highest BCUT2D eigenvalue weighted by molar-refractivity contribution is 5.77. The van der Waals surface area contributed by atoms with Crippen molar-refractivity contribution in [2.45, 2.75) is 38.8 Å². The summed E-state index contributed by atoms with van der Waals surface area (Å²) in [6.45, 7) is 3.77. The lowest BCUT2D eigenvalue weighted by Crippen LogP contribution is -2.48. The van der Waals surface area contributed by atoms with Gasteiger partial charge < -0.3 is 14.6 Å². The average molecular weight is 346 g/mol.